The predicted molar refractivity (Wildman–Crippen MR) is 129 cm³/mol. The van der Waals surface area contributed by atoms with Crippen LogP contribution in [0.3, 0.4) is 0 Å². The van der Waals surface area contributed by atoms with Gasteiger partial charge in [-0.3, -0.25) is 14.2 Å². The van der Waals surface area contributed by atoms with E-state index in [9.17, 15) is 9.59 Å². The van der Waals surface area contributed by atoms with Crippen molar-refractivity contribution in [3.8, 4) is 0 Å². The van der Waals surface area contributed by atoms with Gasteiger partial charge in [-0.25, -0.2) is 4.98 Å². The Kier molecular flexibility index (Phi) is 5.67. The molecule has 9 nitrogen and oxygen atoms in total. The first-order valence-corrected chi connectivity index (χ1v) is 11.2. The summed E-state index contributed by atoms with van der Waals surface area (Å²) >= 11 is 0. The van der Waals surface area contributed by atoms with E-state index >= 15 is 0 Å². The van der Waals surface area contributed by atoms with E-state index in [0.717, 1.165) is 28.6 Å². The van der Waals surface area contributed by atoms with Gasteiger partial charge in [0.2, 0.25) is 11.8 Å². The van der Waals surface area contributed by atoms with E-state index < -0.39 is 0 Å². The first-order chi connectivity index (χ1) is 16.6. The zero-order valence-corrected chi connectivity index (χ0v) is 19.0. The summed E-state index contributed by atoms with van der Waals surface area (Å²) in [6, 6.07) is 15.3. The molecule has 0 aliphatic rings. The maximum Gasteiger partial charge on any atom is 0.278 e. The molecule has 0 aliphatic heterocycles. The second-order valence-electron chi connectivity index (χ2n) is 8.04. The Morgan fingerprint density at radius 1 is 1.09 bits per heavy atom. The van der Waals surface area contributed by atoms with Crippen LogP contribution < -0.4 is 10.9 Å². The molecule has 0 saturated carbocycles. The number of hydrogen-bond acceptors (Lipinski definition) is 6. The molecule has 9 heteroatoms. The van der Waals surface area contributed by atoms with Crippen LogP contribution >= 0.6 is 0 Å². The van der Waals surface area contributed by atoms with Gasteiger partial charge in [0, 0.05) is 17.5 Å². The molecular formula is C25H24N6O3. The van der Waals surface area contributed by atoms with Crippen LogP contribution in [0, 0.1) is 0 Å². The minimum Gasteiger partial charge on any atom is -0.337 e. The van der Waals surface area contributed by atoms with Crippen molar-refractivity contribution in [3.63, 3.8) is 0 Å². The van der Waals surface area contributed by atoms with Gasteiger partial charge < -0.3 is 14.4 Å². The third-order valence-electron chi connectivity index (χ3n) is 5.79. The number of aryl methyl sites for hydroxylation is 2. The lowest BCUT2D eigenvalue weighted by Gasteiger charge is -2.10. The number of hydrogen-bond donors (Lipinski definition) is 1. The molecular weight excluding hydrogens is 432 g/mol. The number of amides is 1. The van der Waals surface area contributed by atoms with Crippen LogP contribution in [0.25, 0.3) is 21.9 Å². The van der Waals surface area contributed by atoms with Crippen molar-refractivity contribution in [2.24, 2.45) is 0 Å². The van der Waals surface area contributed by atoms with Gasteiger partial charge >= 0.3 is 0 Å². The zero-order valence-electron chi connectivity index (χ0n) is 19.0. The van der Waals surface area contributed by atoms with E-state index in [1.54, 1.807) is 4.57 Å². The summed E-state index contributed by atoms with van der Waals surface area (Å²) in [4.78, 5) is 35.3. The topological polar surface area (TPSA) is 108 Å². The number of nitrogens with one attached hydrogen (secondary N) is 1. The van der Waals surface area contributed by atoms with Crippen LogP contribution in [0.15, 0.2) is 64.2 Å². The van der Waals surface area contributed by atoms with Crippen molar-refractivity contribution in [2.45, 2.75) is 39.8 Å². The number of benzene rings is 2. The number of fused-ring (bicyclic) bond motifs is 3. The monoisotopic (exact) mass is 456 g/mol. The number of nitrogens with zero attached hydrogens (tertiary/aromatic N) is 5. The van der Waals surface area contributed by atoms with Gasteiger partial charge in [-0.2, -0.15) is 4.98 Å². The number of rotatable bonds is 7. The van der Waals surface area contributed by atoms with Gasteiger partial charge in [-0.15, -0.1) is 0 Å². The fourth-order valence-corrected chi connectivity index (χ4v) is 4.08. The highest BCUT2D eigenvalue weighted by Crippen LogP contribution is 2.25. The number of para-hydroxylation sites is 1. The first kappa shape index (κ1) is 21.6. The van der Waals surface area contributed by atoms with E-state index in [1.807, 2.05) is 55.5 Å². The molecule has 5 aromatic rings. The Labute approximate surface area is 195 Å². The first-order valence-electron chi connectivity index (χ1n) is 11.2. The Bertz CT molecular complexity index is 1560. The summed E-state index contributed by atoms with van der Waals surface area (Å²) in [5.74, 6) is 0.682. The fraction of sp³-hybridized carbons (Fsp3) is 0.240. The van der Waals surface area contributed by atoms with Gasteiger partial charge in [0.25, 0.3) is 5.56 Å². The summed E-state index contributed by atoms with van der Waals surface area (Å²) in [5.41, 5.74) is 3.26. The van der Waals surface area contributed by atoms with E-state index in [2.05, 4.69) is 27.4 Å². The highest BCUT2D eigenvalue weighted by Gasteiger charge is 2.19. The fourth-order valence-electron chi connectivity index (χ4n) is 4.08. The van der Waals surface area contributed by atoms with Crippen molar-refractivity contribution in [2.75, 3.05) is 5.32 Å². The quantitative estimate of drug-likeness (QED) is 0.401. The third-order valence-corrected chi connectivity index (χ3v) is 5.79. The van der Waals surface area contributed by atoms with Crippen LogP contribution in [-0.2, 0) is 30.7 Å². The van der Waals surface area contributed by atoms with Crippen LogP contribution in [0.1, 0.15) is 31.1 Å². The predicted octanol–water partition coefficient (Wildman–Crippen LogP) is 3.55. The summed E-state index contributed by atoms with van der Waals surface area (Å²) in [7, 11) is 0. The molecule has 0 aliphatic carbocycles. The average molecular weight is 457 g/mol. The van der Waals surface area contributed by atoms with Crippen molar-refractivity contribution in [1.29, 1.82) is 0 Å². The number of carbonyl (C=O) groups is 1. The average Bonchev–Trinajstić information content (AvgIpc) is 3.44. The maximum atomic E-state index is 13.5. The smallest absolute Gasteiger partial charge is 0.278 e. The van der Waals surface area contributed by atoms with E-state index in [-0.39, 0.29) is 24.6 Å². The minimum atomic E-state index is -0.279. The molecule has 0 fully saturated rings. The Morgan fingerprint density at radius 3 is 2.74 bits per heavy atom. The lowest BCUT2D eigenvalue weighted by atomic mass is 10.1. The van der Waals surface area contributed by atoms with Crippen molar-refractivity contribution in [1.82, 2.24) is 24.3 Å². The molecule has 0 atom stereocenters. The second-order valence-corrected chi connectivity index (χ2v) is 8.04. The maximum absolute atomic E-state index is 13.5. The minimum absolute atomic E-state index is 0.0260. The highest BCUT2D eigenvalue weighted by atomic mass is 16.5. The van der Waals surface area contributed by atoms with Crippen LogP contribution in [0.2, 0.25) is 0 Å². The Morgan fingerprint density at radius 2 is 1.94 bits per heavy atom. The molecule has 3 heterocycles. The summed E-state index contributed by atoms with van der Waals surface area (Å²) in [6.45, 7) is 4.07. The molecule has 0 bridgehead atoms. The summed E-state index contributed by atoms with van der Waals surface area (Å²) in [5, 5.41) is 7.65. The lowest BCUT2D eigenvalue weighted by Crippen LogP contribution is -2.25. The lowest BCUT2D eigenvalue weighted by molar-refractivity contribution is -0.116. The molecule has 0 radical (unpaired) electrons. The van der Waals surface area contributed by atoms with Gasteiger partial charge in [0.05, 0.1) is 11.8 Å². The Balaban J connectivity index is 1.54. The SMILES string of the molecule is CCc1cccc(NC(=O)Cn2c3ccccc3c3ncn(Cc4nc(CC)no4)c(=O)c32)c1. The number of carbonyl (C=O) groups excluding carboxylic acids is 1. The normalized spacial score (nSPS) is 11.4. The summed E-state index contributed by atoms with van der Waals surface area (Å²) < 4.78 is 8.39. The van der Waals surface area contributed by atoms with E-state index in [1.165, 1.54) is 10.9 Å². The van der Waals surface area contributed by atoms with Crippen molar-refractivity contribution < 1.29 is 9.32 Å². The van der Waals surface area contributed by atoms with Crippen molar-refractivity contribution in [3.05, 3.63) is 82.5 Å². The van der Waals surface area contributed by atoms with Gasteiger partial charge in [0.1, 0.15) is 24.1 Å². The molecule has 1 N–H and O–H groups in total. The zero-order chi connectivity index (χ0) is 23.7. The van der Waals surface area contributed by atoms with Crippen LogP contribution in [-0.4, -0.2) is 30.2 Å². The van der Waals surface area contributed by atoms with E-state index in [0.29, 0.717) is 29.2 Å². The summed E-state index contributed by atoms with van der Waals surface area (Å²) in [6.07, 6.45) is 3.00. The third kappa shape index (κ3) is 3.96. The van der Waals surface area contributed by atoms with Gasteiger partial charge in [-0.05, 0) is 30.2 Å². The van der Waals surface area contributed by atoms with Gasteiger partial charge in [0.15, 0.2) is 5.82 Å². The largest absolute Gasteiger partial charge is 0.337 e. The molecule has 0 saturated heterocycles. The molecule has 1 amide bonds. The standard InChI is InChI=1S/C25H24N6O3/c1-3-16-8-7-9-17(12-16)27-21(32)13-31-19-11-6-5-10-18(19)23-24(31)25(33)30(15-26-23)14-22-28-20(4-2)29-34-22/h5-12,15H,3-4,13-14H2,1-2H3,(H,27,32). The second kappa shape index (κ2) is 8.93. The highest BCUT2D eigenvalue weighted by molar-refractivity contribution is 6.06. The molecule has 172 valence electrons. The molecule has 34 heavy (non-hydrogen) atoms. The Hall–Kier alpha value is -4.27. The molecule has 2 aromatic carbocycles. The number of anilines is 1. The van der Waals surface area contributed by atoms with Crippen LogP contribution in [0.5, 0.6) is 0 Å². The molecule has 0 spiro atoms. The molecule has 5 rings (SSSR count). The van der Waals surface area contributed by atoms with Crippen LogP contribution in [0.4, 0.5) is 5.69 Å². The van der Waals surface area contributed by atoms with Gasteiger partial charge in [-0.1, -0.05) is 49.3 Å². The van der Waals surface area contributed by atoms with E-state index in [4.69, 9.17) is 4.52 Å². The number of aromatic nitrogens is 5. The molecule has 0 unspecified atom stereocenters. The molecule has 3 aromatic heterocycles. The van der Waals surface area contributed by atoms with Crippen molar-refractivity contribution >= 4 is 33.5 Å².